The van der Waals surface area contributed by atoms with Crippen LogP contribution in [0, 0.1) is 0 Å². The van der Waals surface area contributed by atoms with Crippen molar-refractivity contribution in [2.24, 2.45) is 0 Å². The molecule has 0 unspecified atom stereocenters. The minimum Gasteiger partial charge on any atom is -0.388 e. The number of aryl methyl sites for hydroxylation is 1. The van der Waals surface area contributed by atoms with Gasteiger partial charge in [0.15, 0.2) is 0 Å². The Bertz CT molecular complexity index is 261. The van der Waals surface area contributed by atoms with Gasteiger partial charge >= 0.3 is 0 Å². The van der Waals surface area contributed by atoms with E-state index in [4.69, 9.17) is 4.74 Å². The predicted octanol–water partition coefficient (Wildman–Crippen LogP) is 2.52. The first-order valence-corrected chi connectivity index (χ1v) is 8.44. The van der Waals surface area contributed by atoms with Gasteiger partial charge in [-0.05, 0) is 24.6 Å². The summed E-state index contributed by atoms with van der Waals surface area (Å²) in [5.41, 5.74) is 1.20. The number of hydrogen-bond acceptors (Lipinski definition) is 2. The Hall–Kier alpha value is -0.673. The summed E-state index contributed by atoms with van der Waals surface area (Å²) in [5.74, 6) is 0. The molecule has 78 valence electrons. The Kier molecular flexibility index (Phi) is 4.29. The van der Waals surface area contributed by atoms with Gasteiger partial charge in [-0.3, -0.25) is 4.98 Å². The van der Waals surface area contributed by atoms with E-state index in [9.17, 15) is 0 Å². The Morgan fingerprint density at radius 1 is 1.36 bits per heavy atom. The third-order valence-electron chi connectivity index (χ3n) is 2.32. The molecule has 0 aliphatic rings. The van der Waals surface area contributed by atoms with E-state index in [1.54, 1.807) is 7.11 Å². The highest BCUT2D eigenvalue weighted by Crippen LogP contribution is 2.12. The summed E-state index contributed by atoms with van der Waals surface area (Å²) >= 11 is 0. The SMILES string of the molecule is COC[Si](C)(C)CCc1ccccn1. The lowest BCUT2D eigenvalue weighted by Crippen LogP contribution is -2.32. The van der Waals surface area contributed by atoms with E-state index < -0.39 is 8.07 Å². The third kappa shape index (κ3) is 4.02. The van der Waals surface area contributed by atoms with E-state index in [-0.39, 0.29) is 0 Å². The molecule has 0 atom stereocenters. The first kappa shape index (κ1) is 11.4. The lowest BCUT2D eigenvalue weighted by molar-refractivity contribution is 0.246. The van der Waals surface area contributed by atoms with Crippen molar-refractivity contribution in [3.05, 3.63) is 30.1 Å². The minimum absolute atomic E-state index is 0.944. The maximum Gasteiger partial charge on any atom is 0.0780 e. The lowest BCUT2D eigenvalue weighted by atomic mass is 10.3. The fourth-order valence-corrected chi connectivity index (χ4v) is 3.33. The van der Waals surface area contributed by atoms with Gasteiger partial charge in [0.2, 0.25) is 0 Å². The maximum absolute atomic E-state index is 5.24. The molecule has 0 saturated carbocycles. The fourth-order valence-electron chi connectivity index (χ4n) is 1.48. The Balaban J connectivity index is 2.40. The van der Waals surface area contributed by atoms with Crippen molar-refractivity contribution in [3.8, 4) is 0 Å². The van der Waals surface area contributed by atoms with Gasteiger partial charge in [0.25, 0.3) is 0 Å². The van der Waals surface area contributed by atoms with Crippen LogP contribution in [0.2, 0.25) is 19.1 Å². The Morgan fingerprint density at radius 2 is 2.14 bits per heavy atom. The molecule has 0 spiro atoms. The van der Waals surface area contributed by atoms with E-state index in [0.29, 0.717) is 0 Å². The Morgan fingerprint density at radius 3 is 2.71 bits per heavy atom. The van der Waals surface area contributed by atoms with Crippen molar-refractivity contribution in [2.75, 3.05) is 13.3 Å². The highest BCUT2D eigenvalue weighted by molar-refractivity contribution is 6.77. The number of aromatic nitrogens is 1. The summed E-state index contributed by atoms with van der Waals surface area (Å²) in [4.78, 5) is 4.32. The first-order valence-electron chi connectivity index (χ1n) is 5.03. The van der Waals surface area contributed by atoms with E-state index in [1.807, 2.05) is 18.3 Å². The largest absolute Gasteiger partial charge is 0.388 e. The average Bonchev–Trinajstić information content (AvgIpc) is 2.17. The molecule has 0 aliphatic heterocycles. The zero-order valence-electron chi connectivity index (χ0n) is 9.29. The summed E-state index contributed by atoms with van der Waals surface area (Å²) in [5, 5.41) is 0. The smallest absolute Gasteiger partial charge is 0.0780 e. The highest BCUT2D eigenvalue weighted by atomic mass is 28.3. The van der Waals surface area contributed by atoms with Crippen LogP contribution < -0.4 is 0 Å². The molecule has 3 heteroatoms. The molecule has 1 heterocycles. The molecule has 14 heavy (non-hydrogen) atoms. The molecule has 1 aromatic heterocycles. The van der Waals surface area contributed by atoms with Crippen molar-refractivity contribution in [1.29, 1.82) is 0 Å². The van der Waals surface area contributed by atoms with E-state index in [0.717, 1.165) is 12.7 Å². The van der Waals surface area contributed by atoms with Crippen LogP contribution in [0.15, 0.2) is 24.4 Å². The third-order valence-corrected chi connectivity index (χ3v) is 4.99. The number of methoxy groups -OCH3 is 1. The lowest BCUT2D eigenvalue weighted by Gasteiger charge is -2.20. The Labute approximate surface area is 87.3 Å². The zero-order chi connectivity index (χ0) is 10.4. The number of nitrogens with zero attached hydrogens (tertiary/aromatic N) is 1. The first-order chi connectivity index (χ1) is 6.64. The maximum atomic E-state index is 5.24. The van der Waals surface area contributed by atoms with Gasteiger partial charge in [-0.1, -0.05) is 19.2 Å². The van der Waals surface area contributed by atoms with Crippen molar-refractivity contribution in [3.63, 3.8) is 0 Å². The van der Waals surface area contributed by atoms with Crippen LogP contribution in [-0.4, -0.2) is 26.4 Å². The molecule has 0 aliphatic carbocycles. The van der Waals surface area contributed by atoms with Crippen LogP contribution in [0.4, 0.5) is 0 Å². The quantitative estimate of drug-likeness (QED) is 0.695. The number of hydrogen-bond donors (Lipinski definition) is 0. The summed E-state index contributed by atoms with van der Waals surface area (Å²) in [7, 11) is 0.639. The molecule has 2 nitrogen and oxygen atoms in total. The van der Waals surface area contributed by atoms with Crippen molar-refractivity contribution in [1.82, 2.24) is 4.98 Å². The van der Waals surface area contributed by atoms with Crippen molar-refractivity contribution in [2.45, 2.75) is 25.6 Å². The second-order valence-electron chi connectivity index (χ2n) is 4.42. The number of rotatable bonds is 5. The van der Waals surface area contributed by atoms with Crippen LogP contribution in [0.25, 0.3) is 0 Å². The van der Waals surface area contributed by atoms with Gasteiger partial charge in [0.1, 0.15) is 0 Å². The van der Waals surface area contributed by atoms with Gasteiger partial charge in [-0.15, -0.1) is 0 Å². The summed E-state index contributed by atoms with van der Waals surface area (Å²) in [6.45, 7) is 4.72. The standard InChI is InChI=1S/C11H19NOSi/c1-13-10-14(2,3)9-7-11-6-4-5-8-12-11/h4-6,8H,7,9-10H2,1-3H3. The minimum atomic E-state index is -1.15. The molecule has 0 aromatic carbocycles. The molecule has 0 bridgehead atoms. The van der Waals surface area contributed by atoms with Crippen LogP contribution in [-0.2, 0) is 11.2 Å². The predicted molar refractivity (Wildman–Crippen MR) is 62.1 cm³/mol. The molecular formula is C11H19NOSi. The van der Waals surface area contributed by atoms with Gasteiger partial charge in [-0.25, -0.2) is 0 Å². The van der Waals surface area contributed by atoms with E-state index >= 15 is 0 Å². The van der Waals surface area contributed by atoms with Gasteiger partial charge in [0.05, 0.1) is 8.07 Å². The summed E-state index contributed by atoms with van der Waals surface area (Å²) in [6.07, 6.45) is 3.89. The average molecular weight is 209 g/mol. The monoisotopic (exact) mass is 209 g/mol. The zero-order valence-corrected chi connectivity index (χ0v) is 10.3. The molecule has 0 radical (unpaired) electrons. The van der Waals surface area contributed by atoms with Gasteiger partial charge in [0, 0.05) is 25.2 Å². The van der Waals surface area contributed by atoms with Crippen LogP contribution >= 0.6 is 0 Å². The van der Waals surface area contributed by atoms with Gasteiger partial charge in [-0.2, -0.15) is 0 Å². The summed E-state index contributed by atoms with van der Waals surface area (Å²) < 4.78 is 5.24. The van der Waals surface area contributed by atoms with Crippen LogP contribution in [0.3, 0.4) is 0 Å². The number of pyridine rings is 1. The van der Waals surface area contributed by atoms with Crippen molar-refractivity contribution >= 4 is 8.07 Å². The second-order valence-corrected chi connectivity index (χ2v) is 9.54. The number of ether oxygens (including phenoxy) is 1. The molecule has 0 N–H and O–H groups in total. The molecule has 0 amide bonds. The molecule has 1 aromatic rings. The van der Waals surface area contributed by atoms with E-state index in [2.05, 4.69) is 24.1 Å². The molecule has 0 fully saturated rings. The fraction of sp³-hybridized carbons (Fsp3) is 0.545. The summed E-state index contributed by atoms with van der Waals surface area (Å²) in [6, 6.07) is 7.35. The van der Waals surface area contributed by atoms with E-state index in [1.165, 1.54) is 11.7 Å². The second kappa shape index (κ2) is 5.27. The van der Waals surface area contributed by atoms with Crippen molar-refractivity contribution < 1.29 is 4.74 Å². The van der Waals surface area contributed by atoms with Crippen LogP contribution in [0.1, 0.15) is 5.69 Å². The highest BCUT2D eigenvalue weighted by Gasteiger charge is 2.20. The molecule has 0 saturated heterocycles. The van der Waals surface area contributed by atoms with Gasteiger partial charge < -0.3 is 4.74 Å². The molecular weight excluding hydrogens is 190 g/mol. The van der Waals surface area contributed by atoms with Crippen LogP contribution in [0.5, 0.6) is 0 Å². The molecule has 1 rings (SSSR count). The normalized spacial score (nSPS) is 11.6. The topological polar surface area (TPSA) is 22.1 Å².